The van der Waals surface area contributed by atoms with Crippen LogP contribution in [0.1, 0.15) is 42.9 Å². The molecule has 0 atom stereocenters. The van der Waals surface area contributed by atoms with Crippen LogP contribution < -0.4 is 5.73 Å². The molecule has 0 amide bonds. The first-order valence-corrected chi connectivity index (χ1v) is 6.69. The highest BCUT2D eigenvalue weighted by Gasteiger charge is 2.29. The van der Waals surface area contributed by atoms with Crippen LogP contribution in [0.2, 0.25) is 0 Å². The van der Waals surface area contributed by atoms with Gasteiger partial charge in [-0.2, -0.15) is 0 Å². The Hall–Kier alpha value is -1.77. The fourth-order valence-corrected chi connectivity index (χ4v) is 2.45. The summed E-state index contributed by atoms with van der Waals surface area (Å²) in [4.78, 5) is 4.72. The number of nitrogens with two attached hydrogens (primary N) is 1. The van der Waals surface area contributed by atoms with Crippen molar-refractivity contribution in [1.29, 1.82) is 0 Å². The Kier molecular flexibility index (Phi) is 2.82. The van der Waals surface area contributed by atoms with Gasteiger partial charge in [-0.3, -0.25) is 0 Å². The number of nitrogen functional groups attached to an aromatic ring is 1. The van der Waals surface area contributed by atoms with Gasteiger partial charge in [0.15, 0.2) is 0 Å². The number of rotatable bonds is 4. The molecule has 0 saturated heterocycles. The Morgan fingerprint density at radius 1 is 1.28 bits per heavy atom. The minimum atomic E-state index is 0.608. The maximum atomic E-state index is 6.27. The van der Waals surface area contributed by atoms with Gasteiger partial charge in [-0.25, -0.2) is 4.98 Å². The molecule has 18 heavy (non-hydrogen) atoms. The van der Waals surface area contributed by atoms with Gasteiger partial charge in [-0.05, 0) is 18.4 Å². The topological polar surface area (TPSA) is 43.8 Å². The highest BCUT2D eigenvalue weighted by Crippen LogP contribution is 2.39. The number of benzene rings is 1. The molecule has 1 aliphatic carbocycles. The van der Waals surface area contributed by atoms with Crippen molar-refractivity contribution in [3.63, 3.8) is 0 Å². The summed E-state index contributed by atoms with van der Waals surface area (Å²) in [7, 11) is 0. The van der Waals surface area contributed by atoms with Crippen LogP contribution in [0.25, 0.3) is 0 Å². The Labute approximate surface area is 108 Å². The molecule has 2 aromatic rings. The van der Waals surface area contributed by atoms with Gasteiger partial charge in [0.05, 0.1) is 5.69 Å². The summed E-state index contributed by atoms with van der Waals surface area (Å²) in [5.41, 5.74) is 8.57. The molecule has 0 bridgehead atoms. The summed E-state index contributed by atoms with van der Waals surface area (Å²) in [5, 5.41) is 0. The predicted molar refractivity (Wildman–Crippen MR) is 73.5 cm³/mol. The normalized spacial score (nSPS) is 14.9. The molecule has 1 aromatic carbocycles. The van der Waals surface area contributed by atoms with Gasteiger partial charge in [-0.15, -0.1) is 0 Å². The Bertz CT molecular complexity index is 538. The third kappa shape index (κ3) is 2.01. The van der Waals surface area contributed by atoms with Gasteiger partial charge in [0.1, 0.15) is 11.6 Å². The summed E-state index contributed by atoms with van der Waals surface area (Å²) >= 11 is 0. The second-order valence-corrected chi connectivity index (χ2v) is 4.98. The van der Waals surface area contributed by atoms with Crippen molar-refractivity contribution in [2.24, 2.45) is 0 Å². The van der Waals surface area contributed by atoms with Crippen molar-refractivity contribution >= 4 is 5.82 Å². The molecule has 1 aliphatic rings. The summed E-state index contributed by atoms with van der Waals surface area (Å²) < 4.78 is 2.25. The molecule has 0 aliphatic heterocycles. The zero-order chi connectivity index (χ0) is 12.5. The second-order valence-electron chi connectivity index (χ2n) is 4.98. The van der Waals surface area contributed by atoms with Gasteiger partial charge >= 0.3 is 0 Å². The van der Waals surface area contributed by atoms with E-state index >= 15 is 0 Å². The van der Waals surface area contributed by atoms with Crippen molar-refractivity contribution in [3.8, 4) is 0 Å². The maximum absolute atomic E-state index is 6.27. The molecule has 0 radical (unpaired) electrons. The zero-order valence-corrected chi connectivity index (χ0v) is 10.8. The number of aryl methyl sites for hydroxylation is 1. The molecule has 1 heterocycles. The molecule has 3 nitrogen and oxygen atoms in total. The highest BCUT2D eigenvalue weighted by molar-refractivity contribution is 5.42. The van der Waals surface area contributed by atoms with E-state index in [-0.39, 0.29) is 0 Å². The second kappa shape index (κ2) is 4.48. The van der Waals surface area contributed by atoms with E-state index in [1.807, 2.05) is 6.07 Å². The van der Waals surface area contributed by atoms with E-state index in [4.69, 9.17) is 10.7 Å². The van der Waals surface area contributed by atoms with Crippen LogP contribution >= 0.6 is 0 Å². The minimum absolute atomic E-state index is 0.608. The van der Waals surface area contributed by atoms with Gasteiger partial charge in [0.2, 0.25) is 0 Å². The average Bonchev–Trinajstić information content (AvgIpc) is 3.18. The molecule has 1 aromatic heterocycles. The number of imidazole rings is 1. The number of nitrogens with zero attached hydrogens (tertiary/aromatic N) is 2. The van der Waals surface area contributed by atoms with Gasteiger partial charge in [-0.1, -0.05) is 37.3 Å². The average molecular weight is 241 g/mol. The summed E-state index contributed by atoms with van der Waals surface area (Å²) in [6.07, 6.45) is 4.28. The number of aromatic nitrogens is 2. The van der Waals surface area contributed by atoms with E-state index in [0.717, 1.165) is 30.2 Å². The monoisotopic (exact) mass is 241 g/mol. The van der Waals surface area contributed by atoms with Crippen molar-refractivity contribution in [2.75, 3.05) is 5.73 Å². The van der Waals surface area contributed by atoms with Crippen molar-refractivity contribution < 1.29 is 0 Å². The van der Waals surface area contributed by atoms with E-state index in [9.17, 15) is 0 Å². The molecular formula is C15H19N3. The predicted octanol–water partition coefficient (Wildman–Crippen LogP) is 2.95. The molecule has 1 saturated carbocycles. The van der Waals surface area contributed by atoms with Crippen molar-refractivity contribution in [2.45, 2.75) is 38.6 Å². The first kappa shape index (κ1) is 11.3. The minimum Gasteiger partial charge on any atom is -0.384 e. The maximum Gasteiger partial charge on any atom is 0.127 e. The molecule has 0 unspecified atom stereocenters. The summed E-state index contributed by atoms with van der Waals surface area (Å²) in [6, 6.07) is 11.0. The SMILES string of the molecule is CCc1nc(Cc2ccccc2)c(N)n1C1CC1. The fourth-order valence-electron chi connectivity index (χ4n) is 2.45. The summed E-state index contributed by atoms with van der Waals surface area (Å²) in [6.45, 7) is 2.15. The van der Waals surface area contributed by atoms with Crippen LogP contribution in [-0.2, 0) is 12.8 Å². The largest absolute Gasteiger partial charge is 0.384 e. The van der Waals surface area contributed by atoms with Gasteiger partial charge < -0.3 is 10.3 Å². The van der Waals surface area contributed by atoms with Crippen LogP contribution in [0, 0.1) is 0 Å². The van der Waals surface area contributed by atoms with Crippen LogP contribution in [0.3, 0.4) is 0 Å². The van der Waals surface area contributed by atoms with Gasteiger partial charge in [0.25, 0.3) is 0 Å². The molecule has 1 fully saturated rings. The molecule has 3 heteroatoms. The molecule has 0 spiro atoms. The smallest absolute Gasteiger partial charge is 0.127 e. The quantitative estimate of drug-likeness (QED) is 0.894. The first-order chi connectivity index (χ1) is 8.79. The Morgan fingerprint density at radius 3 is 2.61 bits per heavy atom. The Balaban J connectivity index is 1.93. The van der Waals surface area contributed by atoms with Crippen LogP contribution in [0.15, 0.2) is 30.3 Å². The molecule has 94 valence electrons. The third-order valence-electron chi connectivity index (χ3n) is 3.54. The van der Waals surface area contributed by atoms with E-state index in [2.05, 4.69) is 35.8 Å². The molecule has 2 N–H and O–H groups in total. The first-order valence-electron chi connectivity index (χ1n) is 6.69. The number of anilines is 1. The van der Waals surface area contributed by atoms with E-state index < -0.39 is 0 Å². The van der Waals surface area contributed by atoms with Crippen LogP contribution in [0.4, 0.5) is 5.82 Å². The lowest BCUT2D eigenvalue weighted by Crippen LogP contribution is -2.05. The zero-order valence-electron chi connectivity index (χ0n) is 10.8. The molecule has 3 rings (SSSR count). The molecular weight excluding hydrogens is 222 g/mol. The van der Waals surface area contributed by atoms with Gasteiger partial charge in [0, 0.05) is 18.9 Å². The fraction of sp³-hybridized carbons (Fsp3) is 0.400. The summed E-state index contributed by atoms with van der Waals surface area (Å²) in [5.74, 6) is 2.01. The third-order valence-corrected chi connectivity index (χ3v) is 3.54. The van der Waals surface area contributed by atoms with E-state index in [1.54, 1.807) is 0 Å². The lowest BCUT2D eigenvalue weighted by atomic mass is 10.1. The van der Waals surface area contributed by atoms with Crippen molar-refractivity contribution in [1.82, 2.24) is 9.55 Å². The van der Waals surface area contributed by atoms with E-state index in [1.165, 1.54) is 18.4 Å². The van der Waals surface area contributed by atoms with E-state index in [0.29, 0.717) is 6.04 Å². The van der Waals surface area contributed by atoms with Crippen LogP contribution in [0.5, 0.6) is 0 Å². The Morgan fingerprint density at radius 2 is 2.00 bits per heavy atom. The number of hydrogen-bond donors (Lipinski definition) is 1. The van der Waals surface area contributed by atoms with Crippen molar-refractivity contribution in [3.05, 3.63) is 47.4 Å². The lowest BCUT2D eigenvalue weighted by Gasteiger charge is -2.06. The standard InChI is InChI=1S/C15H19N3/c1-2-14-17-13(10-11-6-4-3-5-7-11)15(16)18(14)12-8-9-12/h3-7,12H,2,8-10,16H2,1H3. The highest BCUT2D eigenvalue weighted by atomic mass is 15.2. The lowest BCUT2D eigenvalue weighted by molar-refractivity contribution is 0.696. The van der Waals surface area contributed by atoms with Crippen LogP contribution in [-0.4, -0.2) is 9.55 Å². The number of hydrogen-bond acceptors (Lipinski definition) is 2.